The average Bonchev–Trinajstić information content (AvgIpc) is 2.73. The van der Waals surface area contributed by atoms with Crippen molar-refractivity contribution >= 4 is 11.6 Å². The van der Waals surface area contributed by atoms with Gasteiger partial charge >= 0.3 is 0 Å². The summed E-state index contributed by atoms with van der Waals surface area (Å²) < 4.78 is 5.60. The summed E-state index contributed by atoms with van der Waals surface area (Å²) in [6, 6.07) is 7.65. The molecule has 0 radical (unpaired) electrons. The fraction of sp³-hybridized carbons (Fsp3) is 0.429. The molecule has 0 saturated carbocycles. The zero-order chi connectivity index (χ0) is 13.9. The van der Waals surface area contributed by atoms with Gasteiger partial charge in [0, 0.05) is 10.6 Å². The first-order chi connectivity index (χ1) is 8.92. The summed E-state index contributed by atoms with van der Waals surface area (Å²) in [5.41, 5.74) is 1.09. The van der Waals surface area contributed by atoms with Crippen molar-refractivity contribution < 1.29 is 4.42 Å². The lowest BCUT2D eigenvalue weighted by atomic mass is 10.1. The number of hydrogen-bond acceptors (Lipinski definition) is 4. The van der Waals surface area contributed by atoms with Crippen molar-refractivity contribution in [3.05, 3.63) is 46.6 Å². The van der Waals surface area contributed by atoms with E-state index in [1.807, 2.05) is 24.3 Å². The summed E-state index contributed by atoms with van der Waals surface area (Å²) in [6.07, 6.45) is 0.600. The van der Waals surface area contributed by atoms with Gasteiger partial charge in [0.2, 0.25) is 11.8 Å². The predicted molar refractivity (Wildman–Crippen MR) is 75.1 cm³/mol. The lowest BCUT2D eigenvalue weighted by Gasteiger charge is -2.18. The van der Waals surface area contributed by atoms with Crippen LogP contribution in [0.1, 0.15) is 38.1 Å². The summed E-state index contributed by atoms with van der Waals surface area (Å²) in [5, 5.41) is 12.1. The Hall–Kier alpha value is -1.39. The highest BCUT2D eigenvalue weighted by atomic mass is 35.5. The Kier molecular flexibility index (Phi) is 4.22. The minimum absolute atomic E-state index is 0.0294. The second kappa shape index (κ2) is 5.72. The zero-order valence-corrected chi connectivity index (χ0v) is 12.2. The van der Waals surface area contributed by atoms with E-state index in [-0.39, 0.29) is 5.54 Å². The molecular formula is C14H18ClN3O. The molecule has 2 aromatic rings. The molecule has 1 N–H and O–H groups in total. The van der Waals surface area contributed by atoms with Crippen LogP contribution in [-0.2, 0) is 13.0 Å². The lowest BCUT2D eigenvalue weighted by Crippen LogP contribution is -2.35. The highest BCUT2D eigenvalue weighted by Crippen LogP contribution is 2.14. The Labute approximate surface area is 118 Å². The van der Waals surface area contributed by atoms with Crippen molar-refractivity contribution in [2.45, 2.75) is 39.3 Å². The Bertz CT molecular complexity index is 546. The molecule has 0 bridgehead atoms. The minimum atomic E-state index is 0.0294. The average molecular weight is 280 g/mol. The molecule has 0 atom stereocenters. The topological polar surface area (TPSA) is 51.0 Å². The third-order valence-electron chi connectivity index (χ3n) is 2.52. The molecule has 5 heteroatoms. The standard InChI is InChI=1S/C14H18ClN3O/c1-14(2,3)16-9-13-18-17-12(19-13)8-10-5-4-6-11(15)7-10/h4-7,16H,8-9H2,1-3H3. The summed E-state index contributed by atoms with van der Waals surface area (Å²) in [7, 11) is 0. The summed E-state index contributed by atoms with van der Waals surface area (Å²) in [4.78, 5) is 0. The first-order valence-corrected chi connectivity index (χ1v) is 6.61. The number of aromatic nitrogens is 2. The maximum Gasteiger partial charge on any atom is 0.230 e. The van der Waals surface area contributed by atoms with Crippen LogP contribution in [0.4, 0.5) is 0 Å². The fourth-order valence-electron chi connectivity index (χ4n) is 1.59. The third kappa shape index (κ3) is 4.65. The van der Waals surface area contributed by atoms with E-state index >= 15 is 0 Å². The number of hydrogen-bond donors (Lipinski definition) is 1. The smallest absolute Gasteiger partial charge is 0.230 e. The molecule has 1 aromatic heterocycles. The molecule has 102 valence electrons. The van der Waals surface area contributed by atoms with Crippen LogP contribution in [0.2, 0.25) is 5.02 Å². The van der Waals surface area contributed by atoms with Crippen molar-refractivity contribution in [2.24, 2.45) is 0 Å². The summed E-state index contributed by atoms with van der Waals surface area (Å²) >= 11 is 5.94. The van der Waals surface area contributed by atoms with E-state index in [9.17, 15) is 0 Å². The van der Waals surface area contributed by atoms with E-state index in [1.165, 1.54) is 0 Å². The van der Waals surface area contributed by atoms with Crippen molar-refractivity contribution in [2.75, 3.05) is 0 Å². The predicted octanol–water partition coefficient (Wildman–Crippen LogP) is 3.20. The molecule has 0 aliphatic rings. The van der Waals surface area contributed by atoms with Crippen LogP contribution in [0, 0.1) is 0 Å². The Balaban J connectivity index is 1.97. The number of nitrogens with zero attached hydrogens (tertiary/aromatic N) is 2. The second-order valence-corrected chi connectivity index (χ2v) is 5.94. The maximum absolute atomic E-state index is 5.94. The first-order valence-electron chi connectivity index (χ1n) is 6.23. The van der Waals surface area contributed by atoms with Gasteiger partial charge in [-0.1, -0.05) is 23.7 Å². The summed E-state index contributed by atoms with van der Waals surface area (Å²) in [5.74, 6) is 1.21. The van der Waals surface area contributed by atoms with Gasteiger partial charge in [-0.15, -0.1) is 10.2 Å². The Morgan fingerprint density at radius 2 is 1.95 bits per heavy atom. The van der Waals surface area contributed by atoms with E-state index in [1.54, 1.807) is 0 Å². The van der Waals surface area contributed by atoms with Gasteiger partial charge in [0.15, 0.2) is 0 Å². The van der Waals surface area contributed by atoms with Crippen LogP contribution in [0.25, 0.3) is 0 Å². The van der Waals surface area contributed by atoms with Crippen molar-refractivity contribution in [1.29, 1.82) is 0 Å². The van der Waals surface area contributed by atoms with Gasteiger partial charge in [-0.05, 0) is 38.5 Å². The highest BCUT2D eigenvalue weighted by molar-refractivity contribution is 6.30. The normalized spacial score (nSPS) is 11.8. The molecule has 4 nitrogen and oxygen atoms in total. The van der Waals surface area contributed by atoms with Crippen molar-refractivity contribution in [1.82, 2.24) is 15.5 Å². The number of rotatable bonds is 4. The molecular weight excluding hydrogens is 262 g/mol. The van der Waals surface area contributed by atoms with Crippen LogP contribution in [0.5, 0.6) is 0 Å². The lowest BCUT2D eigenvalue weighted by molar-refractivity contribution is 0.373. The number of halogens is 1. The second-order valence-electron chi connectivity index (χ2n) is 5.50. The Morgan fingerprint density at radius 3 is 2.63 bits per heavy atom. The number of benzene rings is 1. The van der Waals surface area contributed by atoms with Gasteiger partial charge in [0.25, 0.3) is 0 Å². The molecule has 2 rings (SSSR count). The maximum atomic E-state index is 5.94. The van der Waals surface area contributed by atoms with Crippen LogP contribution in [0.15, 0.2) is 28.7 Å². The van der Waals surface area contributed by atoms with Crippen LogP contribution >= 0.6 is 11.6 Å². The van der Waals surface area contributed by atoms with Gasteiger partial charge in [0.05, 0.1) is 13.0 Å². The van der Waals surface area contributed by atoms with Crippen LogP contribution in [-0.4, -0.2) is 15.7 Å². The highest BCUT2D eigenvalue weighted by Gasteiger charge is 2.12. The van der Waals surface area contributed by atoms with Crippen LogP contribution in [0.3, 0.4) is 0 Å². The monoisotopic (exact) mass is 279 g/mol. The molecule has 0 aliphatic carbocycles. The molecule has 0 amide bonds. The molecule has 19 heavy (non-hydrogen) atoms. The molecule has 0 spiro atoms. The molecule has 0 saturated heterocycles. The first kappa shape index (κ1) is 14.0. The largest absolute Gasteiger partial charge is 0.424 e. The zero-order valence-electron chi connectivity index (χ0n) is 11.4. The quantitative estimate of drug-likeness (QED) is 0.934. The SMILES string of the molecule is CC(C)(C)NCc1nnc(Cc2cccc(Cl)c2)o1. The van der Waals surface area contributed by atoms with Gasteiger partial charge in [-0.3, -0.25) is 0 Å². The van der Waals surface area contributed by atoms with E-state index in [0.29, 0.717) is 29.8 Å². The summed E-state index contributed by atoms with van der Waals surface area (Å²) in [6.45, 7) is 6.86. The molecule has 0 aliphatic heterocycles. The van der Waals surface area contributed by atoms with Crippen molar-refractivity contribution in [3.8, 4) is 0 Å². The Morgan fingerprint density at radius 1 is 1.21 bits per heavy atom. The molecule has 0 unspecified atom stereocenters. The van der Waals surface area contributed by atoms with Gasteiger partial charge in [-0.2, -0.15) is 0 Å². The third-order valence-corrected chi connectivity index (χ3v) is 2.76. The van der Waals surface area contributed by atoms with Crippen molar-refractivity contribution in [3.63, 3.8) is 0 Å². The van der Waals surface area contributed by atoms with Crippen LogP contribution < -0.4 is 5.32 Å². The van der Waals surface area contributed by atoms with E-state index < -0.39 is 0 Å². The molecule has 1 heterocycles. The molecule has 0 fully saturated rings. The van der Waals surface area contributed by atoms with E-state index in [4.69, 9.17) is 16.0 Å². The van der Waals surface area contributed by atoms with Gasteiger partial charge < -0.3 is 9.73 Å². The number of nitrogens with one attached hydrogen (secondary N) is 1. The van der Waals surface area contributed by atoms with Gasteiger partial charge in [0.1, 0.15) is 0 Å². The van der Waals surface area contributed by atoms with Gasteiger partial charge in [-0.25, -0.2) is 0 Å². The minimum Gasteiger partial charge on any atom is -0.424 e. The molecule has 1 aromatic carbocycles. The van der Waals surface area contributed by atoms with E-state index in [2.05, 4.69) is 36.3 Å². The van der Waals surface area contributed by atoms with E-state index in [0.717, 1.165) is 5.56 Å². The fourth-order valence-corrected chi connectivity index (χ4v) is 1.81.